The Morgan fingerprint density at radius 2 is 1.77 bits per heavy atom. The van der Waals surface area contributed by atoms with Gasteiger partial charge in [0.25, 0.3) is 0 Å². The maximum atomic E-state index is 12.1. The topological polar surface area (TPSA) is 60.0 Å². The van der Waals surface area contributed by atoms with Gasteiger partial charge in [0.1, 0.15) is 0 Å². The first-order valence-electron chi connectivity index (χ1n) is 8.68. The highest BCUT2D eigenvalue weighted by Crippen LogP contribution is 2.19. The number of carbonyl (C=O) groups is 1. The first-order valence-corrected chi connectivity index (χ1v) is 9.06. The zero-order valence-corrected chi connectivity index (χ0v) is 17.7. The van der Waals surface area contributed by atoms with E-state index in [4.69, 9.17) is 11.6 Å². The number of aliphatic imine (C=N–C) groups is 1. The molecule has 1 unspecified atom stereocenters. The number of nitrogens with zero attached hydrogens (tertiary/aromatic N) is 3. The number of rotatable bonds is 6. The summed E-state index contributed by atoms with van der Waals surface area (Å²) in [7, 11) is 7.63. The highest BCUT2D eigenvalue weighted by atomic mass is 35.5. The lowest BCUT2D eigenvalue weighted by atomic mass is 10.1. The maximum Gasteiger partial charge on any atom is 0.240 e. The summed E-state index contributed by atoms with van der Waals surface area (Å²) < 4.78 is 0. The summed E-state index contributed by atoms with van der Waals surface area (Å²) in [4.78, 5) is 20.4. The molecule has 0 aromatic heterocycles. The van der Waals surface area contributed by atoms with Crippen molar-refractivity contribution in [2.45, 2.75) is 32.4 Å². The quantitative estimate of drug-likeness (QED) is 0.586. The first kappa shape index (κ1) is 22.3. The van der Waals surface area contributed by atoms with Gasteiger partial charge in [-0.25, -0.2) is 0 Å². The standard InChI is InChI=1S/C19H32ClN5O/c1-19(2,3)23-17(26)13-25(7)18(21-4)22-12-16(24(5)6)14-8-10-15(20)11-9-14/h8-11,16H,12-13H2,1-7H3,(H,21,22)(H,23,26). The van der Waals surface area contributed by atoms with Crippen molar-refractivity contribution in [2.75, 3.05) is 41.3 Å². The Hall–Kier alpha value is -1.79. The van der Waals surface area contributed by atoms with Crippen LogP contribution in [0.3, 0.4) is 0 Å². The molecule has 0 heterocycles. The molecule has 0 saturated heterocycles. The predicted molar refractivity (Wildman–Crippen MR) is 110 cm³/mol. The molecule has 0 spiro atoms. The molecule has 0 aliphatic heterocycles. The normalized spacial score (nSPS) is 13.5. The number of benzene rings is 1. The van der Waals surface area contributed by atoms with Crippen molar-refractivity contribution in [3.8, 4) is 0 Å². The second-order valence-corrected chi connectivity index (χ2v) is 8.05. The maximum absolute atomic E-state index is 12.1. The zero-order chi connectivity index (χ0) is 19.9. The Morgan fingerprint density at radius 1 is 1.19 bits per heavy atom. The molecular weight excluding hydrogens is 350 g/mol. The third-order valence-electron chi connectivity index (χ3n) is 3.80. The van der Waals surface area contributed by atoms with E-state index in [0.29, 0.717) is 12.5 Å². The summed E-state index contributed by atoms with van der Waals surface area (Å²) in [5, 5.41) is 7.03. The molecular formula is C19H32ClN5O. The molecule has 1 amide bonds. The van der Waals surface area contributed by atoms with Gasteiger partial charge in [0.15, 0.2) is 5.96 Å². The lowest BCUT2D eigenvalue weighted by molar-refractivity contribution is -0.122. The van der Waals surface area contributed by atoms with Crippen LogP contribution in [0.1, 0.15) is 32.4 Å². The highest BCUT2D eigenvalue weighted by molar-refractivity contribution is 6.30. The van der Waals surface area contributed by atoms with Crippen molar-refractivity contribution < 1.29 is 4.79 Å². The van der Waals surface area contributed by atoms with E-state index in [1.165, 1.54) is 0 Å². The van der Waals surface area contributed by atoms with Crippen LogP contribution in [-0.2, 0) is 4.79 Å². The number of guanidine groups is 1. The molecule has 0 aliphatic carbocycles. The molecule has 0 aliphatic rings. The minimum absolute atomic E-state index is 0.0372. The average molecular weight is 382 g/mol. The lowest BCUT2D eigenvalue weighted by Gasteiger charge is -2.29. The van der Waals surface area contributed by atoms with Gasteiger partial charge in [-0.1, -0.05) is 23.7 Å². The van der Waals surface area contributed by atoms with Crippen LogP contribution in [0.15, 0.2) is 29.3 Å². The van der Waals surface area contributed by atoms with Crippen LogP contribution >= 0.6 is 11.6 Å². The van der Waals surface area contributed by atoms with Gasteiger partial charge in [-0.15, -0.1) is 0 Å². The second kappa shape index (κ2) is 9.78. The van der Waals surface area contributed by atoms with Gasteiger partial charge in [0.2, 0.25) is 5.91 Å². The minimum Gasteiger partial charge on any atom is -0.354 e. The molecule has 7 heteroatoms. The molecule has 146 valence electrons. The summed E-state index contributed by atoms with van der Waals surface area (Å²) in [5.41, 5.74) is 0.912. The fourth-order valence-electron chi connectivity index (χ4n) is 2.60. The number of carbonyl (C=O) groups excluding carboxylic acids is 1. The SMILES string of the molecule is CN=C(NCC(c1ccc(Cl)cc1)N(C)C)N(C)CC(=O)NC(C)(C)C. The van der Waals surface area contributed by atoms with Crippen LogP contribution in [0.4, 0.5) is 0 Å². The van der Waals surface area contributed by atoms with Crippen molar-refractivity contribution in [3.63, 3.8) is 0 Å². The summed E-state index contributed by atoms with van der Waals surface area (Å²) in [6.45, 7) is 6.79. The first-order chi connectivity index (χ1) is 12.0. The van der Waals surface area contributed by atoms with Crippen LogP contribution in [0.25, 0.3) is 0 Å². The number of hydrogen-bond donors (Lipinski definition) is 2. The van der Waals surface area contributed by atoms with E-state index in [2.05, 4.69) is 20.5 Å². The molecule has 1 rings (SSSR count). The summed E-state index contributed by atoms with van der Waals surface area (Å²) >= 11 is 5.99. The van der Waals surface area contributed by atoms with Crippen LogP contribution in [-0.4, -0.2) is 68.5 Å². The Morgan fingerprint density at radius 3 is 2.23 bits per heavy atom. The van der Waals surface area contributed by atoms with Crippen LogP contribution in [0.5, 0.6) is 0 Å². The molecule has 0 bridgehead atoms. The van der Waals surface area contributed by atoms with Gasteiger partial charge < -0.3 is 20.4 Å². The van der Waals surface area contributed by atoms with Gasteiger partial charge in [-0.2, -0.15) is 0 Å². The molecule has 1 atom stereocenters. The zero-order valence-electron chi connectivity index (χ0n) is 16.9. The minimum atomic E-state index is -0.251. The average Bonchev–Trinajstić information content (AvgIpc) is 2.50. The number of likely N-dealkylation sites (N-methyl/N-ethyl adjacent to an activating group) is 2. The molecule has 0 radical (unpaired) electrons. The third-order valence-corrected chi connectivity index (χ3v) is 4.05. The molecule has 0 fully saturated rings. The van der Waals surface area contributed by atoms with E-state index in [0.717, 1.165) is 10.6 Å². The molecule has 2 N–H and O–H groups in total. The van der Waals surface area contributed by atoms with E-state index in [1.807, 2.05) is 71.1 Å². The molecule has 0 saturated carbocycles. The Kier molecular flexibility index (Phi) is 8.37. The largest absolute Gasteiger partial charge is 0.354 e. The second-order valence-electron chi connectivity index (χ2n) is 7.61. The van der Waals surface area contributed by atoms with Gasteiger partial charge in [-0.05, 0) is 52.6 Å². The summed E-state index contributed by atoms with van der Waals surface area (Å²) in [6, 6.07) is 7.99. The third kappa shape index (κ3) is 7.62. The van der Waals surface area contributed by atoms with Crippen LogP contribution in [0, 0.1) is 0 Å². The monoisotopic (exact) mass is 381 g/mol. The van der Waals surface area contributed by atoms with E-state index < -0.39 is 0 Å². The van der Waals surface area contributed by atoms with Crippen molar-refractivity contribution in [3.05, 3.63) is 34.9 Å². The number of hydrogen-bond acceptors (Lipinski definition) is 3. The molecule has 1 aromatic rings. The van der Waals surface area contributed by atoms with E-state index >= 15 is 0 Å². The Labute approximate surface area is 162 Å². The Balaban J connectivity index is 2.71. The fourth-order valence-corrected chi connectivity index (χ4v) is 2.73. The van der Waals surface area contributed by atoms with E-state index in [-0.39, 0.29) is 24.0 Å². The van der Waals surface area contributed by atoms with Crippen molar-refractivity contribution in [1.29, 1.82) is 0 Å². The summed E-state index contributed by atoms with van der Waals surface area (Å²) in [6.07, 6.45) is 0. The molecule has 1 aromatic carbocycles. The predicted octanol–water partition coefficient (Wildman–Crippen LogP) is 2.36. The van der Waals surface area contributed by atoms with Gasteiger partial charge in [0, 0.05) is 31.2 Å². The molecule has 6 nitrogen and oxygen atoms in total. The fraction of sp³-hybridized carbons (Fsp3) is 0.579. The number of amides is 1. The molecule has 26 heavy (non-hydrogen) atoms. The van der Waals surface area contributed by atoms with Crippen molar-refractivity contribution >= 4 is 23.5 Å². The van der Waals surface area contributed by atoms with Gasteiger partial charge >= 0.3 is 0 Å². The lowest BCUT2D eigenvalue weighted by Crippen LogP contribution is -2.49. The van der Waals surface area contributed by atoms with Crippen molar-refractivity contribution in [1.82, 2.24) is 20.4 Å². The summed E-state index contributed by atoms with van der Waals surface area (Å²) in [5.74, 6) is 0.639. The van der Waals surface area contributed by atoms with Crippen LogP contribution in [0.2, 0.25) is 5.02 Å². The van der Waals surface area contributed by atoms with E-state index in [1.54, 1.807) is 7.05 Å². The number of nitrogens with one attached hydrogen (secondary N) is 2. The smallest absolute Gasteiger partial charge is 0.240 e. The number of halogens is 1. The van der Waals surface area contributed by atoms with E-state index in [9.17, 15) is 4.79 Å². The van der Waals surface area contributed by atoms with Crippen molar-refractivity contribution in [2.24, 2.45) is 4.99 Å². The van der Waals surface area contributed by atoms with Crippen LogP contribution < -0.4 is 10.6 Å². The highest BCUT2D eigenvalue weighted by Gasteiger charge is 2.19. The Bertz CT molecular complexity index is 607. The van der Waals surface area contributed by atoms with Gasteiger partial charge in [0.05, 0.1) is 12.6 Å². The van der Waals surface area contributed by atoms with Gasteiger partial charge in [-0.3, -0.25) is 9.79 Å².